The second kappa shape index (κ2) is 6.35. The molecule has 1 aromatic rings. The van der Waals surface area contributed by atoms with E-state index in [2.05, 4.69) is 10.3 Å². The fraction of sp³-hybridized carbons (Fsp3) is 0.667. The molecule has 0 atom stereocenters. The number of hydrogen-bond acceptors (Lipinski definition) is 4. The lowest BCUT2D eigenvalue weighted by Crippen LogP contribution is -2.22. The van der Waals surface area contributed by atoms with Gasteiger partial charge in [-0.25, -0.2) is 0 Å². The van der Waals surface area contributed by atoms with E-state index in [4.69, 9.17) is 9.47 Å². The Bertz CT molecular complexity index is 401. The van der Waals surface area contributed by atoms with E-state index in [0.29, 0.717) is 12.0 Å². The lowest BCUT2D eigenvalue weighted by molar-refractivity contribution is 0.0496. The summed E-state index contributed by atoms with van der Waals surface area (Å²) < 4.78 is 11.4. The first-order valence-corrected chi connectivity index (χ1v) is 7.28. The smallest absolute Gasteiger partial charge is 0.126 e. The molecule has 104 valence electrons. The highest BCUT2D eigenvalue weighted by molar-refractivity contribution is 5.30. The van der Waals surface area contributed by atoms with Crippen molar-refractivity contribution < 1.29 is 9.47 Å². The molecule has 0 amide bonds. The lowest BCUT2D eigenvalue weighted by atomic mass is 10.0. The summed E-state index contributed by atoms with van der Waals surface area (Å²) in [7, 11) is 0. The summed E-state index contributed by atoms with van der Waals surface area (Å²) in [6.07, 6.45) is 8.55. The van der Waals surface area contributed by atoms with Crippen LogP contribution in [0.25, 0.3) is 0 Å². The van der Waals surface area contributed by atoms with Crippen molar-refractivity contribution >= 4 is 0 Å². The van der Waals surface area contributed by atoms with Crippen LogP contribution in [-0.2, 0) is 11.3 Å². The molecule has 19 heavy (non-hydrogen) atoms. The molecule has 0 aromatic carbocycles. The van der Waals surface area contributed by atoms with E-state index >= 15 is 0 Å². The van der Waals surface area contributed by atoms with Crippen molar-refractivity contribution in [3.63, 3.8) is 0 Å². The molecule has 0 spiro atoms. The third-order valence-electron chi connectivity index (χ3n) is 3.83. The third-order valence-corrected chi connectivity index (χ3v) is 3.83. The highest BCUT2D eigenvalue weighted by Gasteiger charge is 2.21. The highest BCUT2D eigenvalue weighted by Crippen LogP contribution is 2.23. The minimum Gasteiger partial charge on any atom is -0.493 e. The van der Waals surface area contributed by atoms with E-state index in [1.807, 2.05) is 12.3 Å². The maximum absolute atomic E-state index is 5.99. The Kier molecular flexibility index (Phi) is 4.30. The van der Waals surface area contributed by atoms with Gasteiger partial charge >= 0.3 is 0 Å². The van der Waals surface area contributed by atoms with Gasteiger partial charge in [0.15, 0.2) is 0 Å². The van der Waals surface area contributed by atoms with Gasteiger partial charge in [0.05, 0.1) is 6.61 Å². The Morgan fingerprint density at radius 1 is 1.26 bits per heavy atom. The average Bonchev–Trinajstić information content (AvgIpc) is 3.29. The van der Waals surface area contributed by atoms with Crippen LogP contribution in [0.15, 0.2) is 18.5 Å². The molecule has 1 saturated carbocycles. The van der Waals surface area contributed by atoms with Gasteiger partial charge in [0.25, 0.3) is 0 Å². The Morgan fingerprint density at radius 3 is 2.89 bits per heavy atom. The molecule has 1 aromatic heterocycles. The zero-order chi connectivity index (χ0) is 12.9. The standard InChI is InChI=1S/C15H22N2O2/c1-2-14(1)17-10-13-9-16-6-3-15(13)19-11-12-4-7-18-8-5-12/h3,6,9,12,14,17H,1-2,4-5,7-8,10-11H2. The summed E-state index contributed by atoms with van der Waals surface area (Å²) in [5.74, 6) is 1.61. The number of pyridine rings is 1. The molecule has 0 radical (unpaired) electrons. The lowest BCUT2D eigenvalue weighted by Gasteiger charge is -2.22. The monoisotopic (exact) mass is 262 g/mol. The predicted molar refractivity (Wildman–Crippen MR) is 73.1 cm³/mol. The molecule has 0 unspecified atom stereocenters. The first-order valence-electron chi connectivity index (χ1n) is 7.28. The Balaban J connectivity index is 1.52. The molecular formula is C15H22N2O2. The van der Waals surface area contributed by atoms with Gasteiger partial charge in [0.1, 0.15) is 5.75 Å². The number of aromatic nitrogens is 1. The summed E-state index contributed by atoms with van der Waals surface area (Å²) in [6.45, 7) is 3.41. The summed E-state index contributed by atoms with van der Waals surface area (Å²) >= 11 is 0. The zero-order valence-corrected chi connectivity index (χ0v) is 11.3. The number of ether oxygens (including phenoxy) is 2. The fourth-order valence-electron chi connectivity index (χ4n) is 2.35. The van der Waals surface area contributed by atoms with Crippen LogP contribution in [0.3, 0.4) is 0 Å². The van der Waals surface area contributed by atoms with Crippen LogP contribution in [0.4, 0.5) is 0 Å². The highest BCUT2D eigenvalue weighted by atomic mass is 16.5. The Labute approximate surface area is 114 Å². The molecule has 2 heterocycles. The number of nitrogens with zero attached hydrogens (tertiary/aromatic N) is 1. The molecule has 3 rings (SSSR count). The molecule has 4 heteroatoms. The first-order chi connectivity index (χ1) is 9.42. The largest absolute Gasteiger partial charge is 0.493 e. The third kappa shape index (κ3) is 3.91. The van der Waals surface area contributed by atoms with Crippen molar-refractivity contribution in [2.45, 2.75) is 38.3 Å². The number of hydrogen-bond donors (Lipinski definition) is 1. The molecule has 4 nitrogen and oxygen atoms in total. The molecule has 1 aliphatic heterocycles. The van der Waals surface area contributed by atoms with Crippen LogP contribution >= 0.6 is 0 Å². The van der Waals surface area contributed by atoms with Crippen LogP contribution < -0.4 is 10.1 Å². The van der Waals surface area contributed by atoms with E-state index in [1.165, 1.54) is 18.4 Å². The average molecular weight is 262 g/mol. The second-order valence-electron chi connectivity index (χ2n) is 5.51. The van der Waals surface area contributed by atoms with Gasteiger partial charge in [-0.2, -0.15) is 0 Å². The van der Waals surface area contributed by atoms with Crippen molar-refractivity contribution in [2.75, 3.05) is 19.8 Å². The summed E-state index contributed by atoms with van der Waals surface area (Å²) in [5.41, 5.74) is 1.17. The van der Waals surface area contributed by atoms with Gasteiger partial charge in [-0.1, -0.05) is 0 Å². The Hall–Kier alpha value is -1.13. The maximum Gasteiger partial charge on any atom is 0.126 e. The normalized spacial score (nSPS) is 20.4. The molecule has 2 fully saturated rings. The first kappa shape index (κ1) is 12.9. The van der Waals surface area contributed by atoms with E-state index in [1.54, 1.807) is 6.20 Å². The van der Waals surface area contributed by atoms with Crippen LogP contribution in [0.2, 0.25) is 0 Å². The van der Waals surface area contributed by atoms with E-state index in [9.17, 15) is 0 Å². The van der Waals surface area contributed by atoms with Crippen molar-refractivity contribution in [1.82, 2.24) is 10.3 Å². The molecule has 0 bridgehead atoms. The number of rotatable bonds is 6. The number of nitrogens with one attached hydrogen (secondary N) is 1. The van der Waals surface area contributed by atoms with E-state index in [-0.39, 0.29) is 0 Å². The quantitative estimate of drug-likeness (QED) is 0.853. The second-order valence-corrected chi connectivity index (χ2v) is 5.51. The predicted octanol–water partition coefficient (Wildman–Crippen LogP) is 2.14. The Morgan fingerprint density at radius 2 is 2.11 bits per heavy atom. The van der Waals surface area contributed by atoms with Gasteiger partial charge in [-0.3, -0.25) is 4.98 Å². The van der Waals surface area contributed by atoms with Crippen LogP contribution in [0, 0.1) is 5.92 Å². The molecule has 1 saturated heterocycles. The zero-order valence-electron chi connectivity index (χ0n) is 11.3. The summed E-state index contributed by atoms with van der Waals surface area (Å²) in [5, 5.41) is 3.51. The molecule has 1 aliphatic carbocycles. The van der Waals surface area contributed by atoms with Crippen LogP contribution in [0.5, 0.6) is 5.75 Å². The van der Waals surface area contributed by atoms with Gasteiger partial charge in [0.2, 0.25) is 0 Å². The van der Waals surface area contributed by atoms with Crippen molar-refractivity contribution in [3.05, 3.63) is 24.0 Å². The van der Waals surface area contributed by atoms with Gasteiger partial charge in [-0.05, 0) is 37.7 Å². The van der Waals surface area contributed by atoms with Crippen LogP contribution in [0.1, 0.15) is 31.2 Å². The van der Waals surface area contributed by atoms with Gasteiger partial charge in [0, 0.05) is 43.8 Å². The van der Waals surface area contributed by atoms with Crippen molar-refractivity contribution in [1.29, 1.82) is 0 Å². The fourth-order valence-corrected chi connectivity index (χ4v) is 2.35. The van der Waals surface area contributed by atoms with E-state index in [0.717, 1.165) is 45.0 Å². The van der Waals surface area contributed by atoms with E-state index < -0.39 is 0 Å². The van der Waals surface area contributed by atoms with Gasteiger partial charge < -0.3 is 14.8 Å². The SMILES string of the molecule is c1cc(OCC2CCOCC2)c(CNC2CC2)cn1. The summed E-state index contributed by atoms with van der Waals surface area (Å²) in [4.78, 5) is 4.20. The van der Waals surface area contributed by atoms with Gasteiger partial charge in [-0.15, -0.1) is 0 Å². The van der Waals surface area contributed by atoms with Crippen molar-refractivity contribution in [3.8, 4) is 5.75 Å². The minimum absolute atomic E-state index is 0.631. The topological polar surface area (TPSA) is 43.4 Å². The minimum atomic E-state index is 0.631. The summed E-state index contributed by atoms with van der Waals surface area (Å²) in [6, 6.07) is 2.69. The van der Waals surface area contributed by atoms with Crippen LogP contribution in [-0.4, -0.2) is 30.8 Å². The van der Waals surface area contributed by atoms with Crippen molar-refractivity contribution in [2.24, 2.45) is 5.92 Å². The molecule has 2 aliphatic rings. The molecular weight excluding hydrogens is 240 g/mol. The maximum atomic E-state index is 5.99. The molecule has 1 N–H and O–H groups in total.